The Balaban J connectivity index is 3.51. The lowest BCUT2D eigenvalue weighted by atomic mass is 10.2. The van der Waals surface area contributed by atoms with Crippen molar-refractivity contribution < 1.29 is 4.55 Å². The van der Waals surface area contributed by atoms with Crippen molar-refractivity contribution in [3.63, 3.8) is 0 Å². The number of rotatable bonds is 6. The minimum absolute atomic E-state index is 0.405. The van der Waals surface area contributed by atoms with Gasteiger partial charge in [0.1, 0.15) is 32.1 Å². The highest BCUT2D eigenvalue weighted by Crippen LogP contribution is 2.28. The SMILES string of the molecule is CC[Si](CC)(CC)c1cc(Br)nc(/C(C)=N\[S+]([O-])C(C)(C)C)c1Cl. The summed E-state index contributed by atoms with van der Waals surface area (Å²) in [4.78, 5) is 4.53. The first-order chi connectivity index (χ1) is 11.0. The first-order valence-corrected chi connectivity index (χ1v) is 13.3. The van der Waals surface area contributed by atoms with Crippen LogP contribution in [-0.2, 0) is 11.4 Å². The second kappa shape index (κ2) is 8.67. The summed E-state index contributed by atoms with van der Waals surface area (Å²) in [5, 5.41) is 1.91. The van der Waals surface area contributed by atoms with Gasteiger partial charge in [-0.05, 0) is 54.9 Å². The van der Waals surface area contributed by atoms with Crippen molar-refractivity contribution in [1.29, 1.82) is 0 Å². The van der Waals surface area contributed by atoms with Crippen molar-refractivity contribution in [2.45, 2.75) is 71.3 Å². The third kappa shape index (κ3) is 4.85. The van der Waals surface area contributed by atoms with Gasteiger partial charge in [0.05, 0.1) is 13.1 Å². The van der Waals surface area contributed by atoms with Gasteiger partial charge in [-0.1, -0.05) is 54.9 Å². The fourth-order valence-corrected chi connectivity index (χ4v) is 8.48. The highest BCUT2D eigenvalue weighted by atomic mass is 79.9. The van der Waals surface area contributed by atoms with Crippen LogP contribution >= 0.6 is 27.5 Å². The van der Waals surface area contributed by atoms with E-state index < -0.39 is 24.2 Å². The molecule has 1 aromatic heterocycles. The molecule has 7 heteroatoms. The zero-order valence-electron chi connectivity index (χ0n) is 15.7. The summed E-state index contributed by atoms with van der Waals surface area (Å²) in [6.07, 6.45) is 0. The van der Waals surface area contributed by atoms with Crippen LogP contribution in [0.25, 0.3) is 0 Å². The Kier molecular flexibility index (Phi) is 8.00. The topological polar surface area (TPSA) is 48.3 Å². The molecule has 0 fully saturated rings. The monoisotopic (exact) mass is 450 g/mol. The third-order valence-corrected chi connectivity index (χ3v) is 12.6. The van der Waals surface area contributed by atoms with E-state index in [1.165, 1.54) is 5.19 Å². The molecule has 24 heavy (non-hydrogen) atoms. The number of pyridine rings is 1. The molecule has 0 aliphatic rings. The molecule has 0 radical (unpaired) electrons. The van der Waals surface area contributed by atoms with Gasteiger partial charge < -0.3 is 4.55 Å². The van der Waals surface area contributed by atoms with Crippen LogP contribution < -0.4 is 5.19 Å². The molecule has 3 nitrogen and oxygen atoms in total. The molecule has 0 aromatic carbocycles. The van der Waals surface area contributed by atoms with Crippen LogP contribution in [0.15, 0.2) is 15.1 Å². The van der Waals surface area contributed by atoms with Gasteiger partial charge in [-0.2, -0.15) is 0 Å². The van der Waals surface area contributed by atoms with Crippen LogP contribution in [-0.4, -0.2) is 28.1 Å². The fourth-order valence-electron chi connectivity index (χ4n) is 2.75. The van der Waals surface area contributed by atoms with Gasteiger partial charge in [0.25, 0.3) is 0 Å². The highest BCUT2D eigenvalue weighted by molar-refractivity contribution is 9.10. The predicted molar refractivity (Wildman–Crippen MR) is 114 cm³/mol. The lowest BCUT2D eigenvalue weighted by molar-refractivity contribution is 0.561. The first-order valence-electron chi connectivity index (χ1n) is 8.36. The molecular formula is C17H28BrClN2OSSi. The van der Waals surface area contributed by atoms with Crippen LogP contribution in [0.3, 0.4) is 0 Å². The molecule has 1 aromatic rings. The molecule has 0 aliphatic carbocycles. The number of nitrogens with zero attached hydrogens (tertiary/aromatic N) is 2. The smallest absolute Gasteiger partial charge is 0.144 e. The second-order valence-electron chi connectivity index (χ2n) is 7.03. The van der Waals surface area contributed by atoms with Crippen LogP contribution in [0.5, 0.6) is 0 Å². The molecule has 0 bridgehead atoms. The van der Waals surface area contributed by atoms with Gasteiger partial charge in [-0.3, -0.25) is 0 Å². The van der Waals surface area contributed by atoms with Gasteiger partial charge >= 0.3 is 0 Å². The first kappa shape index (κ1) is 22.2. The summed E-state index contributed by atoms with van der Waals surface area (Å²) < 4.78 is 17.1. The maximum Gasteiger partial charge on any atom is 0.144 e. The summed E-state index contributed by atoms with van der Waals surface area (Å²) >= 11 is 8.96. The van der Waals surface area contributed by atoms with Crippen LogP contribution in [0.1, 0.15) is 54.2 Å². The maximum atomic E-state index is 12.3. The molecule has 1 atom stereocenters. The summed E-state index contributed by atoms with van der Waals surface area (Å²) in [7, 11) is -1.66. The van der Waals surface area contributed by atoms with Crippen molar-refractivity contribution in [1.82, 2.24) is 4.98 Å². The number of aromatic nitrogens is 1. The predicted octanol–water partition coefficient (Wildman–Crippen LogP) is 5.48. The van der Waals surface area contributed by atoms with Crippen LogP contribution in [0.4, 0.5) is 0 Å². The molecule has 136 valence electrons. The minimum Gasteiger partial charge on any atom is -0.591 e. The maximum absolute atomic E-state index is 12.3. The van der Waals surface area contributed by atoms with E-state index >= 15 is 0 Å². The third-order valence-electron chi connectivity index (χ3n) is 4.61. The van der Waals surface area contributed by atoms with E-state index in [9.17, 15) is 4.55 Å². The minimum atomic E-state index is -1.66. The van der Waals surface area contributed by atoms with Gasteiger partial charge in [0, 0.05) is 0 Å². The van der Waals surface area contributed by atoms with E-state index in [1.54, 1.807) is 0 Å². The summed E-state index contributed by atoms with van der Waals surface area (Å²) in [5.74, 6) is 0. The van der Waals surface area contributed by atoms with Crippen molar-refractivity contribution >= 4 is 57.9 Å². The Morgan fingerprint density at radius 1 is 1.29 bits per heavy atom. The van der Waals surface area contributed by atoms with Gasteiger partial charge in [-0.25, -0.2) is 4.98 Å². The largest absolute Gasteiger partial charge is 0.591 e. The van der Waals surface area contributed by atoms with Crippen molar-refractivity contribution in [3.05, 3.63) is 21.4 Å². The second-order valence-corrected chi connectivity index (χ2v) is 15.4. The molecule has 1 heterocycles. The summed E-state index contributed by atoms with van der Waals surface area (Å²) in [6, 6.07) is 5.49. The number of halogens is 2. The normalized spacial score (nSPS) is 14.8. The van der Waals surface area contributed by atoms with E-state index in [1.807, 2.05) is 27.7 Å². The molecule has 0 aliphatic heterocycles. The van der Waals surface area contributed by atoms with Gasteiger partial charge in [0.2, 0.25) is 0 Å². The Hall–Kier alpha value is 0.117. The van der Waals surface area contributed by atoms with E-state index in [2.05, 4.69) is 52.1 Å². The van der Waals surface area contributed by atoms with Gasteiger partial charge in [-0.15, -0.1) is 0 Å². The quantitative estimate of drug-likeness (QED) is 0.249. The molecule has 0 spiro atoms. The van der Waals surface area contributed by atoms with Crippen LogP contribution in [0.2, 0.25) is 23.2 Å². The van der Waals surface area contributed by atoms with E-state index in [4.69, 9.17) is 11.6 Å². The van der Waals surface area contributed by atoms with E-state index in [-0.39, 0.29) is 0 Å². The molecule has 0 N–H and O–H groups in total. The Morgan fingerprint density at radius 3 is 2.21 bits per heavy atom. The van der Waals surface area contributed by atoms with Crippen molar-refractivity contribution in [3.8, 4) is 0 Å². The van der Waals surface area contributed by atoms with E-state index in [0.29, 0.717) is 16.4 Å². The van der Waals surface area contributed by atoms with E-state index in [0.717, 1.165) is 22.7 Å². The molecule has 1 unspecified atom stereocenters. The van der Waals surface area contributed by atoms with Gasteiger partial charge in [0.15, 0.2) is 0 Å². The van der Waals surface area contributed by atoms with Crippen molar-refractivity contribution in [2.24, 2.45) is 4.40 Å². The Bertz CT molecular complexity index is 607. The lowest BCUT2D eigenvalue weighted by Crippen LogP contribution is -2.47. The zero-order chi connectivity index (χ0) is 18.7. The summed E-state index contributed by atoms with van der Waals surface area (Å²) in [6.45, 7) is 14.3. The molecule has 0 amide bonds. The highest BCUT2D eigenvalue weighted by Gasteiger charge is 2.34. The number of hydrogen-bond donors (Lipinski definition) is 0. The van der Waals surface area contributed by atoms with Crippen molar-refractivity contribution in [2.75, 3.05) is 0 Å². The fraction of sp³-hybridized carbons (Fsp3) is 0.647. The standard InChI is InChI=1S/C17H28BrClN2OSSi/c1-8-24(9-2,10-3)13-11-14(18)20-16(15(13)19)12(4)21-23(22)17(5,6)7/h11H,8-10H2,1-7H3/b21-12-. The summed E-state index contributed by atoms with van der Waals surface area (Å²) in [5.41, 5.74) is 1.27. The molecule has 0 saturated heterocycles. The van der Waals surface area contributed by atoms with Crippen LogP contribution in [0, 0.1) is 0 Å². The Morgan fingerprint density at radius 2 is 1.79 bits per heavy atom. The average Bonchev–Trinajstić information content (AvgIpc) is 2.51. The number of hydrogen-bond acceptors (Lipinski definition) is 3. The molecule has 0 saturated carbocycles. The Labute approximate surface area is 164 Å². The average molecular weight is 452 g/mol. The zero-order valence-corrected chi connectivity index (χ0v) is 19.8. The molecular weight excluding hydrogens is 424 g/mol. The lowest BCUT2D eigenvalue weighted by Gasteiger charge is -2.30. The molecule has 1 rings (SSSR count).